The molecule has 2 aromatic carbocycles. The van der Waals surface area contributed by atoms with Crippen LogP contribution < -0.4 is 10.6 Å². The topological polar surface area (TPSA) is 58.2 Å². The molecule has 1 atom stereocenters. The highest BCUT2D eigenvalue weighted by Crippen LogP contribution is 2.36. The second-order valence-corrected chi connectivity index (χ2v) is 7.04. The first kappa shape index (κ1) is 21.8. The van der Waals surface area contributed by atoms with Crippen molar-refractivity contribution in [2.24, 2.45) is 0 Å². The summed E-state index contributed by atoms with van der Waals surface area (Å²) in [6.07, 6.45) is -4.67. The SMILES string of the molecule is Cc1cc(C)c([C@H](C)NC(=O)C(=O)Nc2ccc(Cl)c(C(F)(F)F)c2)cc1C. The molecule has 0 radical (unpaired) electrons. The van der Waals surface area contributed by atoms with E-state index in [1.54, 1.807) is 6.92 Å². The van der Waals surface area contributed by atoms with Crippen LogP contribution in [-0.2, 0) is 15.8 Å². The minimum Gasteiger partial charge on any atom is -0.341 e. The van der Waals surface area contributed by atoms with Gasteiger partial charge in [0.05, 0.1) is 16.6 Å². The second-order valence-electron chi connectivity index (χ2n) is 6.63. The lowest BCUT2D eigenvalue weighted by atomic mass is 9.96. The number of carbonyl (C=O) groups excluding carboxylic acids is 2. The predicted octanol–water partition coefficient (Wildman–Crippen LogP) is 5.10. The molecule has 0 unspecified atom stereocenters. The Morgan fingerprint density at radius 1 is 0.964 bits per heavy atom. The van der Waals surface area contributed by atoms with E-state index < -0.39 is 34.6 Å². The van der Waals surface area contributed by atoms with Crippen LogP contribution in [0.1, 0.15) is 40.8 Å². The molecule has 0 aliphatic heterocycles. The minimum atomic E-state index is -4.67. The Balaban J connectivity index is 2.12. The number of aryl methyl sites for hydroxylation is 3. The molecule has 0 fully saturated rings. The zero-order chi connectivity index (χ0) is 21.2. The van der Waals surface area contributed by atoms with Gasteiger partial charge < -0.3 is 10.6 Å². The van der Waals surface area contributed by atoms with Crippen molar-refractivity contribution in [3.63, 3.8) is 0 Å². The summed E-state index contributed by atoms with van der Waals surface area (Å²) in [6.45, 7) is 7.55. The first-order valence-corrected chi connectivity index (χ1v) is 8.84. The Morgan fingerprint density at radius 3 is 2.18 bits per heavy atom. The normalized spacial score (nSPS) is 12.4. The van der Waals surface area contributed by atoms with Crippen molar-refractivity contribution in [3.8, 4) is 0 Å². The summed E-state index contributed by atoms with van der Waals surface area (Å²) >= 11 is 5.54. The van der Waals surface area contributed by atoms with E-state index in [-0.39, 0.29) is 5.69 Å². The van der Waals surface area contributed by atoms with Gasteiger partial charge in [0.1, 0.15) is 0 Å². The number of hydrogen-bond acceptors (Lipinski definition) is 2. The van der Waals surface area contributed by atoms with E-state index in [2.05, 4.69) is 10.6 Å². The van der Waals surface area contributed by atoms with Gasteiger partial charge in [0, 0.05) is 5.69 Å². The Morgan fingerprint density at radius 2 is 1.57 bits per heavy atom. The number of rotatable bonds is 3. The number of benzene rings is 2. The summed E-state index contributed by atoms with van der Waals surface area (Å²) in [7, 11) is 0. The fourth-order valence-corrected chi connectivity index (χ4v) is 3.02. The van der Waals surface area contributed by atoms with Crippen LogP contribution in [-0.4, -0.2) is 11.8 Å². The maximum absolute atomic E-state index is 12.9. The number of anilines is 1. The average molecular weight is 413 g/mol. The zero-order valence-electron chi connectivity index (χ0n) is 15.8. The molecule has 4 nitrogen and oxygen atoms in total. The van der Waals surface area contributed by atoms with Crippen LogP contribution in [0.3, 0.4) is 0 Å². The summed E-state index contributed by atoms with van der Waals surface area (Å²) in [4.78, 5) is 24.3. The number of amides is 2. The number of nitrogens with one attached hydrogen (secondary N) is 2. The maximum Gasteiger partial charge on any atom is 0.417 e. The predicted molar refractivity (Wildman–Crippen MR) is 102 cm³/mol. The number of alkyl halides is 3. The van der Waals surface area contributed by atoms with Gasteiger partial charge in [-0.05, 0) is 68.1 Å². The van der Waals surface area contributed by atoms with E-state index in [0.717, 1.165) is 28.3 Å². The third kappa shape index (κ3) is 5.04. The summed E-state index contributed by atoms with van der Waals surface area (Å²) in [5.74, 6) is -2.02. The van der Waals surface area contributed by atoms with Crippen LogP contribution in [0.4, 0.5) is 18.9 Å². The lowest BCUT2D eigenvalue weighted by Crippen LogP contribution is -2.37. The molecule has 2 amide bonds. The first-order valence-electron chi connectivity index (χ1n) is 8.46. The van der Waals surface area contributed by atoms with Gasteiger partial charge in [-0.3, -0.25) is 9.59 Å². The van der Waals surface area contributed by atoms with Crippen LogP contribution >= 0.6 is 11.6 Å². The average Bonchev–Trinajstić information content (AvgIpc) is 2.58. The lowest BCUT2D eigenvalue weighted by Gasteiger charge is -2.18. The molecule has 2 N–H and O–H groups in total. The fourth-order valence-electron chi connectivity index (χ4n) is 2.80. The van der Waals surface area contributed by atoms with E-state index in [0.29, 0.717) is 6.07 Å². The standard InChI is InChI=1S/C20H20ClF3N2O2/c1-10-7-12(3)15(8-11(10)2)13(4)25-18(27)19(28)26-14-5-6-17(21)16(9-14)20(22,23)24/h5-9,13H,1-4H3,(H,25,27)(H,26,28)/t13-/m0/s1. The summed E-state index contributed by atoms with van der Waals surface area (Å²) in [5, 5.41) is 4.23. The minimum absolute atomic E-state index is 0.174. The van der Waals surface area contributed by atoms with E-state index >= 15 is 0 Å². The highest BCUT2D eigenvalue weighted by molar-refractivity contribution is 6.39. The highest BCUT2D eigenvalue weighted by atomic mass is 35.5. The first-order chi connectivity index (χ1) is 12.9. The van der Waals surface area contributed by atoms with Gasteiger partial charge in [0.25, 0.3) is 0 Å². The van der Waals surface area contributed by atoms with Gasteiger partial charge in [-0.1, -0.05) is 23.7 Å². The van der Waals surface area contributed by atoms with E-state index in [1.165, 1.54) is 6.07 Å². The third-order valence-electron chi connectivity index (χ3n) is 4.43. The van der Waals surface area contributed by atoms with Crippen LogP contribution in [0.25, 0.3) is 0 Å². The van der Waals surface area contributed by atoms with Crippen LogP contribution in [0, 0.1) is 20.8 Å². The van der Waals surface area contributed by atoms with Crippen molar-refractivity contribution < 1.29 is 22.8 Å². The van der Waals surface area contributed by atoms with Gasteiger partial charge >= 0.3 is 18.0 Å². The van der Waals surface area contributed by atoms with Gasteiger partial charge in [-0.15, -0.1) is 0 Å². The van der Waals surface area contributed by atoms with E-state index in [9.17, 15) is 22.8 Å². The van der Waals surface area contributed by atoms with Gasteiger partial charge in [0.15, 0.2) is 0 Å². The Hall–Kier alpha value is -2.54. The summed E-state index contributed by atoms with van der Waals surface area (Å²) < 4.78 is 38.7. The molecule has 0 saturated heterocycles. The van der Waals surface area contributed by atoms with Gasteiger partial charge in [-0.2, -0.15) is 13.2 Å². The fraction of sp³-hybridized carbons (Fsp3) is 0.300. The molecule has 0 aromatic heterocycles. The molecular weight excluding hydrogens is 393 g/mol. The van der Waals surface area contributed by atoms with Crippen molar-refractivity contribution >= 4 is 29.1 Å². The van der Waals surface area contributed by atoms with Crippen molar-refractivity contribution in [3.05, 3.63) is 63.2 Å². The quantitative estimate of drug-likeness (QED) is 0.689. The molecule has 2 aromatic rings. The third-order valence-corrected chi connectivity index (χ3v) is 4.76. The van der Waals surface area contributed by atoms with E-state index in [1.807, 2.05) is 32.9 Å². The molecule has 0 bridgehead atoms. The Labute approximate surface area is 166 Å². The lowest BCUT2D eigenvalue weighted by molar-refractivity contribution is -0.137. The molecule has 0 spiro atoms. The summed E-state index contributed by atoms with van der Waals surface area (Å²) in [5.41, 5.74) is 2.71. The van der Waals surface area contributed by atoms with Crippen molar-refractivity contribution in [1.82, 2.24) is 5.32 Å². The Kier molecular flexibility index (Phi) is 6.39. The maximum atomic E-state index is 12.9. The molecule has 0 aliphatic carbocycles. The number of hydrogen-bond donors (Lipinski definition) is 2. The zero-order valence-corrected chi connectivity index (χ0v) is 16.5. The molecule has 0 saturated carbocycles. The van der Waals surface area contributed by atoms with Crippen LogP contribution in [0.15, 0.2) is 30.3 Å². The van der Waals surface area contributed by atoms with Gasteiger partial charge in [-0.25, -0.2) is 0 Å². The molecule has 0 heterocycles. The molecule has 8 heteroatoms. The molecular formula is C20H20ClF3N2O2. The van der Waals surface area contributed by atoms with E-state index in [4.69, 9.17) is 11.6 Å². The van der Waals surface area contributed by atoms with Crippen LogP contribution in [0.2, 0.25) is 5.02 Å². The smallest absolute Gasteiger partial charge is 0.341 e. The summed E-state index contributed by atoms with van der Waals surface area (Å²) in [6, 6.07) is 6.36. The van der Waals surface area contributed by atoms with Crippen LogP contribution in [0.5, 0.6) is 0 Å². The highest BCUT2D eigenvalue weighted by Gasteiger charge is 2.33. The number of carbonyl (C=O) groups is 2. The Bertz CT molecular complexity index is 926. The molecule has 0 aliphatic rings. The monoisotopic (exact) mass is 412 g/mol. The number of halogens is 4. The molecule has 150 valence electrons. The molecule has 2 rings (SSSR count). The van der Waals surface area contributed by atoms with Crippen molar-refractivity contribution in [2.75, 3.05) is 5.32 Å². The van der Waals surface area contributed by atoms with Crippen molar-refractivity contribution in [2.45, 2.75) is 39.9 Å². The second kappa shape index (κ2) is 8.22. The van der Waals surface area contributed by atoms with Gasteiger partial charge in [0.2, 0.25) is 0 Å². The van der Waals surface area contributed by atoms with Crippen molar-refractivity contribution in [1.29, 1.82) is 0 Å². The largest absolute Gasteiger partial charge is 0.417 e. The molecule has 28 heavy (non-hydrogen) atoms.